The lowest BCUT2D eigenvalue weighted by atomic mass is 10.0. The monoisotopic (exact) mass is 448 g/mol. The normalized spacial score (nSPS) is 11.3. The molecule has 0 aliphatic carbocycles. The minimum atomic E-state index is -0.494. The van der Waals surface area contributed by atoms with E-state index in [1.54, 1.807) is 0 Å². The molecule has 0 unspecified atom stereocenters. The van der Waals surface area contributed by atoms with E-state index in [0.29, 0.717) is 12.6 Å². The Bertz CT molecular complexity index is 1020. The third kappa shape index (κ3) is 7.64. The Morgan fingerprint density at radius 2 is 1.48 bits per heavy atom. The number of carbonyl (C=O) groups is 1. The molecule has 0 radical (unpaired) electrons. The summed E-state index contributed by atoms with van der Waals surface area (Å²) >= 11 is 0. The molecule has 0 aliphatic heterocycles. The third-order valence-electron chi connectivity index (χ3n) is 4.78. The maximum atomic E-state index is 11.7. The molecule has 174 valence electrons. The van der Waals surface area contributed by atoms with Crippen molar-refractivity contribution in [1.29, 1.82) is 0 Å². The number of aromatic nitrogens is 3. The van der Waals surface area contributed by atoms with Crippen LogP contribution >= 0.6 is 0 Å². The maximum absolute atomic E-state index is 11.7. The van der Waals surface area contributed by atoms with Gasteiger partial charge in [-0.1, -0.05) is 60.7 Å². The van der Waals surface area contributed by atoms with E-state index >= 15 is 0 Å². The van der Waals surface area contributed by atoms with Crippen molar-refractivity contribution in [3.8, 4) is 22.5 Å². The molecule has 0 N–H and O–H groups in total. The van der Waals surface area contributed by atoms with E-state index in [0.717, 1.165) is 41.9 Å². The van der Waals surface area contributed by atoms with Gasteiger partial charge in [-0.15, -0.1) is 10.2 Å². The molecule has 33 heavy (non-hydrogen) atoms. The molecule has 0 bridgehead atoms. The van der Waals surface area contributed by atoms with Crippen LogP contribution in [-0.4, -0.2) is 53.6 Å². The van der Waals surface area contributed by atoms with Gasteiger partial charge in [0.15, 0.2) is 0 Å². The Kier molecular flexibility index (Phi) is 8.49. The van der Waals surface area contributed by atoms with E-state index in [4.69, 9.17) is 14.5 Å². The van der Waals surface area contributed by atoms with Gasteiger partial charge in [0.05, 0.1) is 0 Å². The van der Waals surface area contributed by atoms with Crippen molar-refractivity contribution in [2.45, 2.75) is 39.2 Å². The van der Waals surface area contributed by atoms with Crippen molar-refractivity contribution in [2.24, 2.45) is 0 Å². The van der Waals surface area contributed by atoms with Crippen LogP contribution < -0.4 is 4.90 Å². The smallest absolute Gasteiger partial charge is 0.332 e. The van der Waals surface area contributed by atoms with Crippen molar-refractivity contribution in [1.82, 2.24) is 15.2 Å². The summed E-state index contributed by atoms with van der Waals surface area (Å²) in [6.45, 7) is 6.74. The molecule has 0 saturated carbocycles. The first-order chi connectivity index (χ1) is 15.8. The van der Waals surface area contributed by atoms with Crippen LogP contribution in [0.4, 0.5) is 5.95 Å². The number of unbranched alkanes of at least 4 members (excludes halogenated alkanes) is 1. The fourth-order valence-electron chi connectivity index (χ4n) is 3.25. The summed E-state index contributed by atoms with van der Waals surface area (Å²) in [4.78, 5) is 18.5. The molecule has 0 saturated heterocycles. The number of carbonyl (C=O) groups excluding carboxylic acids is 1. The number of rotatable bonds is 10. The van der Waals surface area contributed by atoms with Crippen LogP contribution in [0.2, 0.25) is 0 Å². The molecule has 7 heteroatoms. The Labute approximate surface area is 195 Å². The summed E-state index contributed by atoms with van der Waals surface area (Å²) in [5, 5.41) is 8.91. The zero-order valence-electron chi connectivity index (χ0n) is 19.8. The van der Waals surface area contributed by atoms with Gasteiger partial charge in [-0.2, -0.15) is 0 Å². The average Bonchev–Trinajstić information content (AvgIpc) is 2.81. The molecule has 3 aromatic rings. The topological polar surface area (TPSA) is 77.4 Å². The van der Waals surface area contributed by atoms with Crippen LogP contribution in [0.25, 0.3) is 22.5 Å². The molecule has 0 aliphatic rings. The van der Waals surface area contributed by atoms with Crippen LogP contribution in [0.5, 0.6) is 0 Å². The zero-order chi connectivity index (χ0) is 23.7. The van der Waals surface area contributed by atoms with E-state index < -0.39 is 5.60 Å². The van der Waals surface area contributed by atoms with Gasteiger partial charge in [0.1, 0.15) is 23.6 Å². The van der Waals surface area contributed by atoms with Crippen molar-refractivity contribution < 1.29 is 14.3 Å². The SMILES string of the molecule is CN(CCCCOCC(=O)OC(C)(C)C)c1nnc(-c2ccccc2)c(-c2ccccc2)n1. The molecule has 0 atom stereocenters. The lowest BCUT2D eigenvalue weighted by Gasteiger charge is -2.19. The number of esters is 1. The number of benzene rings is 2. The fraction of sp³-hybridized carbons (Fsp3) is 0.385. The van der Waals surface area contributed by atoms with E-state index in [-0.39, 0.29) is 12.6 Å². The van der Waals surface area contributed by atoms with Crippen molar-refractivity contribution in [2.75, 3.05) is 31.7 Å². The minimum absolute atomic E-state index is 0.0263. The van der Waals surface area contributed by atoms with Crippen LogP contribution in [0.1, 0.15) is 33.6 Å². The highest BCUT2D eigenvalue weighted by molar-refractivity contribution is 5.78. The second-order valence-electron chi connectivity index (χ2n) is 8.81. The highest BCUT2D eigenvalue weighted by atomic mass is 16.6. The van der Waals surface area contributed by atoms with Gasteiger partial charge in [-0.25, -0.2) is 9.78 Å². The molecule has 0 spiro atoms. The lowest BCUT2D eigenvalue weighted by molar-refractivity contribution is -0.160. The van der Waals surface area contributed by atoms with Gasteiger partial charge in [0.25, 0.3) is 0 Å². The quantitative estimate of drug-likeness (QED) is 0.326. The Morgan fingerprint density at radius 1 is 0.879 bits per heavy atom. The Hall–Kier alpha value is -3.32. The molecule has 0 fully saturated rings. The second-order valence-corrected chi connectivity index (χ2v) is 8.81. The van der Waals surface area contributed by atoms with E-state index in [2.05, 4.69) is 10.2 Å². The van der Waals surface area contributed by atoms with E-state index in [1.807, 2.05) is 93.4 Å². The Balaban J connectivity index is 1.59. The van der Waals surface area contributed by atoms with Crippen LogP contribution in [0.3, 0.4) is 0 Å². The van der Waals surface area contributed by atoms with Crippen LogP contribution in [0, 0.1) is 0 Å². The fourth-order valence-corrected chi connectivity index (χ4v) is 3.25. The van der Waals surface area contributed by atoms with Gasteiger partial charge < -0.3 is 14.4 Å². The van der Waals surface area contributed by atoms with Crippen molar-refractivity contribution >= 4 is 11.9 Å². The maximum Gasteiger partial charge on any atom is 0.332 e. The summed E-state index contributed by atoms with van der Waals surface area (Å²) in [7, 11) is 1.95. The van der Waals surface area contributed by atoms with Gasteiger partial charge in [0, 0.05) is 31.3 Å². The number of nitrogens with zero attached hydrogens (tertiary/aromatic N) is 4. The molecule has 7 nitrogen and oxygen atoms in total. The highest BCUT2D eigenvalue weighted by Gasteiger charge is 2.17. The summed E-state index contributed by atoms with van der Waals surface area (Å²) in [6, 6.07) is 20.0. The highest BCUT2D eigenvalue weighted by Crippen LogP contribution is 2.29. The van der Waals surface area contributed by atoms with Gasteiger partial charge in [0.2, 0.25) is 5.95 Å². The number of ether oxygens (including phenoxy) is 2. The number of hydrogen-bond acceptors (Lipinski definition) is 7. The largest absolute Gasteiger partial charge is 0.458 e. The van der Waals surface area contributed by atoms with Crippen LogP contribution in [0.15, 0.2) is 60.7 Å². The summed E-state index contributed by atoms with van der Waals surface area (Å²) in [6.07, 6.45) is 1.68. The molecule has 1 heterocycles. The standard InChI is InChI=1S/C26H32N4O3/c1-26(2,3)33-22(31)19-32-18-12-11-17-30(4)25-27-23(20-13-7-5-8-14-20)24(28-29-25)21-15-9-6-10-16-21/h5-10,13-16H,11-12,17-19H2,1-4H3. The molecular weight excluding hydrogens is 416 g/mol. The van der Waals surface area contributed by atoms with Crippen molar-refractivity contribution in [3.63, 3.8) is 0 Å². The van der Waals surface area contributed by atoms with Gasteiger partial charge >= 0.3 is 5.97 Å². The predicted octanol–water partition coefficient (Wildman–Crippen LogP) is 4.78. The summed E-state index contributed by atoms with van der Waals surface area (Å²) in [5.41, 5.74) is 3.05. The third-order valence-corrected chi connectivity index (χ3v) is 4.78. The molecular formula is C26H32N4O3. The molecule has 0 amide bonds. The average molecular weight is 449 g/mol. The summed E-state index contributed by atoms with van der Waals surface area (Å²) in [5.74, 6) is 0.231. The van der Waals surface area contributed by atoms with E-state index in [1.165, 1.54) is 0 Å². The first-order valence-corrected chi connectivity index (χ1v) is 11.2. The minimum Gasteiger partial charge on any atom is -0.458 e. The first kappa shape index (κ1) is 24.3. The number of hydrogen-bond donors (Lipinski definition) is 0. The van der Waals surface area contributed by atoms with Crippen LogP contribution in [-0.2, 0) is 14.3 Å². The van der Waals surface area contributed by atoms with Crippen molar-refractivity contribution in [3.05, 3.63) is 60.7 Å². The summed E-state index contributed by atoms with van der Waals surface area (Å²) < 4.78 is 10.7. The van der Waals surface area contributed by atoms with Gasteiger partial charge in [-0.3, -0.25) is 0 Å². The Morgan fingerprint density at radius 3 is 2.09 bits per heavy atom. The molecule has 3 rings (SSSR count). The second kappa shape index (κ2) is 11.5. The zero-order valence-corrected chi connectivity index (χ0v) is 19.8. The van der Waals surface area contributed by atoms with Gasteiger partial charge in [-0.05, 0) is 33.6 Å². The molecule has 1 aromatic heterocycles. The predicted molar refractivity (Wildman–Crippen MR) is 130 cm³/mol. The molecule has 2 aromatic carbocycles. The lowest BCUT2D eigenvalue weighted by Crippen LogP contribution is -2.26. The number of anilines is 1. The van der Waals surface area contributed by atoms with E-state index in [9.17, 15) is 4.79 Å². The first-order valence-electron chi connectivity index (χ1n) is 11.2.